The average molecular weight is 283 g/mol. The number of ether oxygens (including phenoxy) is 1. The molecule has 0 aromatic heterocycles. The van der Waals surface area contributed by atoms with E-state index in [0.717, 1.165) is 26.2 Å². The summed E-state index contributed by atoms with van der Waals surface area (Å²) in [6, 6.07) is 15.9. The monoisotopic (exact) mass is 283 g/mol. The standard InChI is InChI=1S/C19H25NO/c1-2-11-20-19(18-8-5-12-21-14-18)17-10-9-15-6-3-4-7-16(15)13-17/h3-4,6-7,9-10,13,18-20H,2,5,8,11-12,14H2,1H3. The number of nitrogens with one attached hydrogen (secondary N) is 1. The summed E-state index contributed by atoms with van der Waals surface area (Å²) in [4.78, 5) is 0. The molecule has 2 nitrogen and oxygen atoms in total. The molecule has 0 spiro atoms. The summed E-state index contributed by atoms with van der Waals surface area (Å²) >= 11 is 0. The number of fused-ring (bicyclic) bond motifs is 1. The third kappa shape index (κ3) is 3.45. The molecule has 1 fully saturated rings. The van der Waals surface area contributed by atoms with Crippen molar-refractivity contribution in [2.75, 3.05) is 19.8 Å². The first-order valence-electron chi connectivity index (χ1n) is 8.18. The van der Waals surface area contributed by atoms with Gasteiger partial charge in [-0.1, -0.05) is 43.3 Å². The molecule has 0 aliphatic carbocycles. The molecule has 112 valence electrons. The van der Waals surface area contributed by atoms with E-state index in [-0.39, 0.29) is 0 Å². The van der Waals surface area contributed by atoms with Crippen LogP contribution in [0.2, 0.25) is 0 Å². The van der Waals surface area contributed by atoms with E-state index in [2.05, 4.69) is 54.7 Å². The highest BCUT2D eigenvalue weighted by molar-refractivity contribution is 5.83. The molecule has 0 bridgehead atoms. The van der Waals surface area contributed by atoms with Gasteiger partial charge in [0.1, 0.15) is 0 Å². The Morgan fingerprint density at radius 2 is 2.05 bits per heavy atom. The molecule has 2 aromatic carbocycles. The second-order valence-corrected chi connectivity index (χ2v) is 6.02. The second-order valence-electron chi connectivity index (χ2n) is 6.02. The third-order valence-corrected chi connectivity index (χ3v) is 4.41. The molecule has 2 heteroatoms. The average Bonchev–Trinajstić information content (AvgIpc) is 2.56. The molecule has 1 aliphatic heterocycles. The smallest absolute Gasteiger partial charge is 0.0512 e. The van der Waals surface area contributed by atoms with Crippen molar-refractivity contribution in [3.8, 4) is 0 Å². The second kappa shape index (κ2) is 7.06. The van der Waals surface area contributed by atoms with Crippen LogP contribution in [0.1, 0.15) is 37.8 Å². The predicted octanol–water partition coefficient (Wildman–Crippen LogP) is 4.31. The van der Waals surface area contributed by atoms with E-state index in [1.54, 1.807) is 0 Å². The van der Waals surface area contributed by atoms with E-state index in [1.165, 1.54) is 29.2 Å². The van der Waals surface area contributed by atoms with Crippen LogP contribution >= 0.6 is 0 Å². The highest BCUT2D eigenvalue weighted by Crippen LogP contribution is 2.30. The molecule has 0 amide bonds. The largest absolute Gasteiger partial charge is 0.381 e. The molecule has 21 heavy (non-hydrogen) atoms. The molecule has 3 rings (SSSR count). The molecule has 0 saturated carbocycles. The van der Waals surface area contributed by atoms with Crippen molar-refractivity contribution in [1.29, 1.82) is 0 Å². The van der Waals surface area contributed by atoms with Gasteiger partial charge in [-0.2, -0.15) is 0 Å². The summed E-state index contributed by atoms with van der Waals surface area (Å²) in [6.45, 7) is 5.10. The SMILES string of the molecule is CCCNC(c1ccc2ccccc2c1)C1CCCOC1. The van der Waals surface area contributed by atoms with Crippen LogP contribution in [0.4, 0.5) is 0 Å². The van der Waals surface area contributed by atoms with Gasteiger partial charge >= 0.3 is 0 Å². The Labute approximate surface area is 127 Å². The van der Waals surface area contributed by atoms with Gasteiger partial charge in [-0.05, 0) is 48.2 Å². The van der Waals surface area contributed by atoms with Crippen LogP contribution in [0.5, 0.6) is 0 Å². The normalized spacial score (nSPS) is 20.5. The predicted molar refractivity (Wildman–Crippen MR) is 88.5 cm³/mol. The van der Waals surface area contributed by atoms with Crippen molar-refractivity contribution in [3.63, 3.8) is 0 Å². The van der Waals surface area contributed by atoms with E-state index in [1.807, 2.05) is 0 Å². The first-order valence-corrected chi connectivity index (χ1v) is 8.18. The lowest BCUT2D eigenvalue weighted by Gasteiger charge is -2.31. The maximum Gasteiger partial charge on any atom is 0.0512 e. The van der Waals surface area contributed by atoms with E-state index in [9.17, 15) is 0 Å². The van der Waals surface area contributed by atoms with Gasteiger partial charge in [0.05, 0.1) is 6.61 Å². The highest BCUT2D eigenvalue weighted by Gasteiger charge is 2.25. The van der Waals surface area contributed by atoms with Crippen molar-refractivity contribution in [3.05, 3.63) is 48.0 Å². The zero-order valence-corrected chi connectivity index (χ0v) is 12.8. The molecule has 1 aliphatic rings. The van der Waals surface area contributed by atoms with E-state index in [0.29, 0.717) is 12.0 Å². The summed E-state index contributed by atoms with van der Waals surface area (Å²) in [7, 11) is 0. The minimum atomic E-state index is 0.412. The molecule has 0 radical (unpaired) electrons. The molecule has 1 N–H and O–H groups in total. The molecule has 1 saturated heterocycles. The number of hydrogen-bond donors (Lipinski definition) is 1. The first-order chi connectivity index (χ1) is 10.4. The van der Waals surface area contributed by atoms with E-state index >= 15 is 0 Å². The summed E-state index contributed by atoms with van der Waals surface area (Å²) < 4.78 is 5.71. The Balaban J connectivity index is 1.88. The Morgan fingerprint density at radius 3 is 2.81 bits per heavy atom. The Morgan fingerprint density at radius 1 is 1.19 bits per heavy atom. The first kappa shape index (κ1) is 14.6. The van der Waals surface area contributed by atoms with Crippen LogP contribution in [-0.2, 0) is 4.74 Å². The van der Waals surface area contributed by atoms with Gasteiger partial charge in [-0.3, -0.25) is 0 Å². The van der Waals surface area contributed by atoms with Crippen molar-refractivity contribution in [1.82, 2.24) is 5.32 Å². The number of benzene rings is 2. The minimum absolute atomic E-state index is 0.412. The minimum Gasteiger partial charge on any atom is -0.381 e. The maximum atomic E-state index is 5.71. The molecule has 2 unspecified atom stereocenters. The van der Waals surface area contributed by atoms with Gasteiger partial charge < -0.3 is 10.1 Å². The Kier molecular flexibility index (Phi) is 4.89. The van der Waals surface area contributed by atoms with Crippen molar-refractivity contribution in [2.45, 2.75) is 32.2 Å². The molecule has 2 atom stereocenters. The van der Waals surface area contributed by atoms with E-state index < -0.39 is 0 Å². The van der Waals surface area contributed by atoms with Gasteiger partial charge in [0.2, 0.25) is 0 Å². The summed E-state index contributed by atoms with van der Waals surface area (Å²) in [5.74, 6) is 0.589. The summed E-state index contributed by atoms with van der Waals surface area (Å²) in [5, 5.41) is 6.38. The molecule has 1 heterocycles. The van der Waals surface area contributed by atoms with E-state index in [4.69, 9.17) is 4.74 Å². The maximum absolute atomic E-state index is 5.71. The van der Waals surface area contributed by atoms with Gasteiger partial charge in [0.15, 0.2) is 0 Å². The van der Waals surface area contributed by atoms with Crippen LogP contribution in [0.15, 0.2) is 42.5 Å². The van der Waals surface area contributed by atoms with Crippen molar-refractivity contribution in [2.24, 2.45) is 5.92 Å². The molecule has 2 aromatic rings. The summed E-state index contributed by atoms with van der Waals surface area (Å²) in [5.41, 5.74) is 1.40. The highest BCUT2D eigenvalue weighted by atomic mass is 16.5. The Hall–Kier alpha value is -1.38. The van der Waals surface area contributed by atoms with Gasteiger partial charge in [0, 0.05) is 18.6 Å². The lowest BCUT2D eigenvalue weighted by atomic mass is 9.87. The van der Waals surface area contributed by atoms with Crippen LogP contribution < -0.4 is 5.32 Å². The summed E-state index contributed by atoms with van der Waals surface area (Å²) in [6.07, 6.45) is 3.61. The fraction of sp³-hybridized carbons (Fsp3) is 0.474. The quantitative estimate of drug-likeness (QED) is 0.883. The van der Waals surface area contributed by atoms with Crippen molar-refractivity contribution >= 4 is 10.8 Å². The van der Waals surface area contributed by atoms with Gasteiger partial charge in [0.25, 0.3) is 0 Å². The third-order valence-electron chi connectivity index (χ3n) is 4.41. The zero-order chi connectivity index (χ0) is 14.5. The Bertz CT molecular complexity index is 575. The molecular weight excluding hydrogens is 258 g/mol. The number of hydrogen-bond acceptors (Lipinski definition) is 2. The van der Waals surface area contributed by atoms with Gasteiger partial charge in [-0.15, -0.1) is 0 Å². The fourth-order valence-corrected chi connectivity index (χ4v) is 3.29. The van der Waals surface area contributed by atoms with Crippen LogP contribution in [0.3, 0.4) is 0 Å². The lowest BCUT2D eigenvalue weighted by Crippen LogP contribution is -2.33. The van der Waals surface area contributed by atoms with Crippen LogP contribution in [-0.4, -0.2) is 19.8 Å². The van der Waals surface area contributed by atoms with Crippen LogP contribution in [0, 0.1) is 5.92 Å². The van der Waals surface area contributed by atoms with Crippen molar-refractivity contribution < 1.29 is 4.74 Å². The number of rotatable bonds is 5. The molecular formula is C19H25NO. The van der Waals surface area contributed by atoms with Crippen LogP contribution in [0.25, 0.3) is 10.8 Å². The topological polar surface area (TPSA) is 21.3 Å². The lowest BCUT2D eigenvalue weighted by molar-refractivity contribution is 0.0390. The zero-order valence-electron chi connectivity index (χ0n) is 12.8. The fourth-order valence-electron chi connectivity index (χ4n) is 3.29. The van der Waals surface area contributed by atoms with Gasteiger partial charge in [-0.25, -0.2) is 0 Å².